The van der Waals surface area contributed by atoms with Gasteiger partial charge in [-0.1, -0.05) is 23.7 Å². The number of rotatable bonds is 5. The number of amides is 1. The molecule has 0 bridgehead atoms. The molecule has 0 saturated heterocycles. The summed E-state index contributed by atoms with van der Waals surface area (Å²) >= 11 is 5.97. The molecule has 0 saturated carbocycles. The standard InChI is InChI=1S/C17H14ClN3O5/c18-11-4-1-3-10(7-11)9-21-17(26)14(16(25)19-8-13(22)23)15(24)12-5-2-6-20(12)21/h1-7,24H,8-9H2,(H,19,25)(H,22,23). The normalized spacial score (nSPS) is 10.8. The Labute approximate surface area is 151 Å². The Morgan fingerprint density at radius 3 is 2.65 bits per heavy atom. The van der Waals surface area contributed by atoms with Gasteiger partial charge in [0.15, 0.2) is 5.75 Å². The summed E-state index contributed by atoms with van der Waals surface area (Å²) in [6.45, 7) is -0.567. The molecular weight excluding hydrogens is 362 g/mol. The van der Waals surface area contributed by atoms with Gasteiger partial charge in [0.1, 0.15) is 17.6 Å². The fraction of sp³-hybridized carbons (Fsp3) is 0.118. The fourth-order valence-corrected chi connectivity index (χ4v) is 2.84. The SMILES string of the molecule is O=C(O)CNC(=O)c1c(O)c2cccn2n(Cc2cccc(Cl)c2)c1=O. The number of carbonyl (C=O) groups excluding carboxylic acids is 1. The van der Waals surface area contributed by atoms with Gasteiger partial charge in [-0.25, -0.2) is 4.68 Å². The third-order valence-corrected chi connectivity index (χ3v) is 4.00. The van der Waals surface area contributed by atoms with E-state index in [4.69, 9.17) is 16.7 Å². The van der Waals surface area contributed by atoms with E-state index in [0.717, 1.165) is 5.56 Å². The molecule has 2 heterocycles. The molecule has 0 spiro atoms. The highest BCUT2D eigenvalue weighted by Gasteiger charge is 2.22. The molecule has 0 atom stereocenters. The molecule has 8 nitrogen and oxygen atoms in total. The number of halogens is 1. The number of aromatic nitrogens is 2. The van der Waals surface area contributed by atoms with Crippen LogP contribution in [0.1, 0.15) is 15.9 Å². The summed E-state index contributed by atoms with van der Waals surface area (Å²) in [5.74, 6) is -2.73. The van der Waals surface area contributed by atoms with Crippen LogP contribution in [0.4, 0.5) is 0 Å². The van der Waals surface area contributed by atoms with Crippen LogP contribution in [0.15, 0.2) is 47.4 Å². The summed E-state index contributed by atoms with van der Waals surface area (Å²) in [6.07, 6.45) is 1.57. The van der Waals surface area contributed by atoms with Crippen molar-refractivity contribution in [1.82, 2.24) is 14.5 Å². The molecule has 3 aromatic rings. The third kappa shape index (κ3) is 3.27. The van der Waals surface area contributed by atoms with E-state index in [1.54, 1.807) is 36.5 Å². The Kier molecular flexibility index (Phi) is 4.68. The Balaban J connectivity index is 2.13. The molecule has 0 aliphatic rings. The van der Waals surface area contributed by atoms with E-state index in [1.807, 2.05) is 0 Å². The van der Waals surface area contributed by atoms with Gasteiger partial charge >= 0.3 is 5.97 Å². The van der Waals surface area contributed by atoms with Crippen molar-refractivity contribution in [2.75, 3.05) is 6.54 Å². The van der Waals surface area contributed by atoms with Gasteiger partial charge in [0.25, 0.3) is 11.5 Å². The van der Waals surface area contributed by atoms with Crippen LogP contribution in [0.25, 0.3) is 5.52 Å². The van der Waals surface area contributed by atoms with Crippen molar-refractivity contribution in [2.45, 2.75) is 6.54 Å². The molecule has 0 aliphatic heterocycles. The maximum Gasteiger partial charge on any atom is 0.322 e. The first-order chi connectivity index (χ1) is 12.4. The lowest BCUT2D eigenvalue weighted by Crippen LogP contribution is -2.37. The van der Waals surface area contributed by atoms with Crippen molar-refractivity contribution in [3.05, 3.63) is 69.1 Å². The van der Waals surface area contributed by atoms with E-state index in [1.165, 1.54) is 15.3 Å². The first-order valence-electron chi connectivity index (χ1n) is 7.56. The second-order valence-electron chi connectivity index (χ2n) is 5.53. The van der Waals surface area contributed by atoms with Crippen molar-refractivity contribution in [3.8, 4) is 5.75 Å². The highest BCUT2D eigenvalue weighted by atomic mass is 35.5. The quantitative estimate of drug-likeness (QED) is 0.622. The summed E-state index contributed by atoms with van der Waals surface area (Å²) in [6, 6.07) is 10.0. The van der Waals surface area contributed by atoms with Gasteiger partial charge in [0.2, 0.25) is 0 Å². The Morgan fingerprint density at radius 2 is 1.96 bits per heavy atom. The predicted molar refractivity (Wildman–Crippen MR) is 93.8 cm³/mol. The maximum absolute atomic E-state index is 12.8. The number of hydrogen-bond donors (Lipinski definition) is 3. The van der Waals surface area contributed by atoms with Gasteiger partial charge in [-0.05, 0) is 29.8 Å². The lowest BCUT2D eigenvalue weighted by Gasteiger charge is -2.14. The summed E-state index contributed by atoms with van der Waals surface area (Å²) < 4.78 is 2.68. The number of carboxylic acids is 1. The van der Waals surface area contributed by atoms with Gasteiger partial charge < -0.3 is 15.5 Å². The van der Waals surface area contributed by atoms with E-state index >= 15 is 0 Å². The first kappa shape index (κ1) is 17.6. The van der Waals surface area contributed by atoms with Crippen LogP contribution in [0.5, 0.6) is 5.75 Å². The van der Waals surface area contributed by atoms with Gasteiger partial charge in [-0.15, -0.1) is 0 Å². The molecule has 0 fully saturated rings. The molecule has 9 heteroatoms. The lowest BCUT2D eigenvalue weighted by atomic mass is 10.2. The van der Waals surface area contributed by atoms with Gasteiger partial charge in [-0.3, -0.25) is 18.9 Å². The molecule has 0 radical (unpaired) electrons. The minimum atomic E-state index is -1.26. The fourth-order valence-electron chi connectivity index (χ4n) is 2.63. The van der Waals surface area contributed by atoms with Crippen molar-refractivity contribution in [1.29, 1.82) is 0 Å². The zero-order valence-electron chi connectivity index (χ0n) is 13.3. The van der Waals surface area contributed by atoms with Crippen LogP contribution in [0.3, 0.4) is 0 Å². The lowest BCUT2D eigenvalue weighted by molar-refractivity contribution is -0.135. The molecule has 134 valence electrons. The molecule has 0 unspecified atom stereocenters. The number of nitrogens with zero attached hydrogens (tertiary/aromatic N) is 2. The van der Waals surface area contributed by atoms with Crippen LogP contribution in [-0.4, -0.2) is 37.8 Å². The monoisotopic (exact) mass is 375 g/mol. The maximum atomic E-state index is 12.8. The molecular formula is C17H14ClN3O5. The molecule has 0 aliphatic carbocycles. The van der Waals surface area contributed by atoms with Gasteiger partial charge in [0, 0.05) is 11.2 Å². The molecule has 1 aromatic carbocycles. The van der Waals surface area contributed by atoms with Crippen LogP contribution < -0.4 is 10.9 Å². The van der Waals surface area contributed by atoms with Crippen molar-refractivity contribution in [2.24, 2.45) is 0 Å². The van der Waals surface area contributed by atoms with Crippen molar-refractivity contribution in [3.63, 3.8) is 0 Å². The largest absolute Gasteiger partial charge is 0.505 e. The highest BCUT2D eigenvalue weighted by Crippen LogP contribution is 2.22. The van der Waals surface area contributed by atoms with Crippen LogP contribution in [-0.2, 0) is 11.3 Å². The summed E-state index contributed by atoms with van der Waals surface area (Å²) in [5.41, 5.74) is -0.308. The second-order valence-corrected chi connectivity index (χ2v) is 5.97. The first-order valence-corrected chi connectivity index (χ1v) is 7.94. The number of hydrogen-bond acceptors (Lipinski definition) is 4. The van der Waals surface area contributed by atoms with E-state index in [2.05, 4.69) is 5.32 Å². The van der Waals surface area contributed by atoms with E-state index in [9.17, 15) is 19.5 Å². The van der Waals surface area contributed by atoms with Crippen LogP contribution in [0.2, 0.25) is 5.02 Å². The molecule has 3 rings (SSSR count). The summed E-state index contributed by atoms with van der Waals surface area (Å²) in [7, 11) is 0. The predicted octanol–water partition coefficient (Wildman–Crippen LogP) is 1.32. The van der Waals surface area contributed by atoms with Crippen LogP contribution in [0, 0.1) is 0 Å². The van der Waals surface area contributed by atoms with E-state index in [-0.39, 0.29) is 12.1 Å². The number of carboxylic acid groups (broad SMARTS) is 1. The Bertz CT molecular complexity index is 1070. The number of aromatic hydroxyl groups is 1. The van der Waals surface area contributed by atoms with E-state index in [0.29, 0.717) is 5.02 Å². The molecule has 26 heavy (non-hydrogen) atoms. The zero-order valence-corrected chi connectivity index (χ0v) is 14.1. The molecule has 2 aromatic heterocycles. The summed E-state index contributed by atoms with van der Waals surface area (Å²) in [4.78, 5) is 35.7. The Hall–Kier alpha value is -3.26. The second kappa shape index (κ2) is 6.93. The van der Waals surface area contributed by atoms with E-state index < -0.39 is 35.3 Å². The van der Waals surface area contributed by atoms with Crippen molar-refractivity contribution >= 4 is 29.0 Å². The topological polar surface area (TPSA) is 113 Å². The van der Waals surface area contributed by atoms with Crippen LogP contribution >= 0.6 is 11.6 Å². The Morgan fingerprint density at radius 1 is 1.19 bits per heavy atom. The number of carbonyl (C=O) groups is 2. The van der Waals surface area contributed by atoms with Crippen molar-refractivity contribution < 1.29 is 19.8 Å². The van der Waals surface area contributed by atoms with Gasteiger partial charge in [-0.2, -0.15) is 0 Å². The number of aliphatic carboxylic acids is 1. The molecule has 1 amide bonds. The average molecular weight is 376 g/mol. The van der Waals surface area contributed by atoms with Gasteiger partial charge in [0.05, 0.1) is 6.54 Å². The minimum Gasteiger partial charge on any atom is -0.505 e. The highest BCUT2D eigenvalue weighted by molar-refractivity contribution is 6.30. The smallest absolute Gasteiger partial charge is 0.322 e. The molecule has 3 N–H and O–H groups in total. The number of benzene rings is 1. The summed E-state index contributed by atoms with van der Waals surface area (Å²) in [5, 5.41) is 21.6. The number of nitrogens with one attached hydrogen (secondary N) is 1. The minimum absolute atomic E-state index is 0.101. The third-order valence-electron chi connectivity index (χ3n) is 3.76. The average Bonchev–Trinajstić information content (AvgIpc) is 3.07. The number of fused-ring (bicyclic) bond motifs is 1. The zero-order chi connectivity index (χ0) is 18.8.